The van der Waals surface area contributed by atoms with Gasteiger partial charge in [0.25, 0.3) is 5.91 Å². The zero-order valence-electron chi connectivity index (χ0n) is 15.2. The number of nitrogens with zero attached hydrogens (tertiary/aromatic N) is 3. The van der Waals surface area contributed by atoms with Crippen molar-refractivity contribution in [3.63, 3.8) is 0 Å². The van der Waals surface area contributed by atoms with E-state index in [9.17, 15) is 14.7 Å². The summed E-state index contributed by atoms with van der Waals surface area (Å²) < 4.78 is 10.5. The van der Waals surface area contributed by atoms with E-state index in [-0.39, 0.29) is 11.5 Å². The summed E-state index contributed by atoms with van der Waals surface area (Å²) in [6.45, 7) is 1.97. The number of rotatable bonds is 5. The van der Waals surface area contributed by atoms with E-state index in [0.717, 1.165) is 0 Å². The van der Waals surface area contributed by atoms with E-state index in [1.807, 2.05) is 4.90 Å². The normalized spacial score (nSPS) is 14.0. The second-order valence-electron chi connectivity index (χ2n) is 6.03. The molecule has 8 heteroatoms. The van der Waals surface area contributed by atoms with Crippen LogP contribution in [0.2, 0.25) is 0 Å². The van der Waals surface area contributed by atoms with Gasteiger partial charge in [-0.05, 0) is 30.3 Å². The van der Waals surface area contributed by atoms with Crippen LogP contribution in [0.3, 0.4) is 0 Å². The number of benzene rings is 1. The fourth-order valence-corrected chi connectivity index (χ4v) is 3.09. The lowest BCUT2D eigenvalue weighted by atomic mass is 10.1. The Labute approximate surface area is 156 Å². The molecule has 0 spiro atoms. The molecule has 0 aliphatic carbocycles. The molecule has 8 nitrogen and oxygen atoms in total. The number of aromatic carboxylic acids is 1. The maximum Gasteiger partial charge on any atom is 0.339 e. The maximum absolute atomic E-state index is 12.8. The Morgan fingerprint density at radius 2 is 1.74 bits per heavy atom. The third kappa shape index (κ3) is 3.79. The molecule has 27 heavy (non-hydrogen) atoms. The number of hydrogen-bond donors (Lipinski definition) is 1. The van der Waals surface area contributed by atoms with Crippen LogP contribution in [-0.2, 0) is 0 Å². The van der Waals surface area contributed by atoms with Crippen molar-refractivity contribution < 1.29 is 24.2 Å². The summed E-state index contributed by atoms with van der Waals surface area (Å²) in [4.78, 5) is 32.0. The molecule has 1 aliphatic rings. The minimum atomic E-state index is -1.01. The number of hydrogen-bond acceptors (Lipinski definition) is 6. The first-order valence-electron chi connectivity index (χ1n) is 8.49. The van der Waals surface area contributed by atoms with E-state index in [1.165, 1.54) is 13.2 Å². The summed E-state index contributed by atoms with van der Waals surface area (Å²) in [5.41, 5.74) is 0.683. The molecule has 0 bridgehead atoms. The molecule has 1 saturated heterocycles. The van der Waals surface area contributed by atoms with Crippen LogP contribution in [0.4, 0.5) is 5.82 Å². The van der Waals surface area contributed by atoms with Gasteiger partial charge in [-0.2, -0.15) is 0 Å². The zero-order chi connectivity index (χ0) is 19.4. The molecule has 2 aromatic rings. The third-order valence-electron chi connectivity index (χ3n) is 4.51. The van der Waals surface area contributed by atoms with Gasteiger partial charge in [-0.1, -0.05) is 0 Å². The first-order valence-corrected chi connectivity index (χ1v) is 8.49. The molecule has 2 heterocycles. The summed E-state index contributed by atoms with van der Waals surface area (Å²) in [7, 11) is 3.07. The Morgan fingerprint density at radius 1 is 1.04 bits per heavy atom. The molecule has 1 fully saturated rings. The van der Waals surface area contributed by atoms with E-state index >= 15 is 0 Å². The monoisotopic (exact) mass is 371 g/mol. The van der Waals surface area contributed by atoms with Crippen LogP contribution < -0.4 is 14.4 Å². The summed E-state index contributed by atoms with van der Waals surface area (Å²) in [6.07, 6.45) is 1.57. The average molecular weight is 371 g/mol. The van der Waals surface area contributed by atoms with Gasteiger partial charge in [-0.15, -0.1) is 0 Å². The molecule has 1 amide bonds. The topological polar surface area (TPSA) is 92.2 Å². The van der Waals surface area contributed by atoms with Crippen molar-refractivity contribution in [2.75, 3.05) is 45.3 Å². The number of carboxylic acids is 1. The van der Waals surface area contributed by atoms with Crippen molar-refractivity contribution >= 4 is 17.7 Å². The van der Waals surface area contributed by atoms with Crippen LogP contribution in [-0.4, -0.2) is 67.3 Å². The van der Waals surface area contributed by atoms with Gasteiger partial charge in [0, 0.05) is 37.9 Å². The lowest BCUT2D eigenvalue weighted by molar-refractivity contribution is 0.0692. The predicted octanol–water partition coefficient (Wildman–Crippen LogP) is 1.76. The molecule has 0 unspecified atom stereocenters. The highest BCUT2D eigenvalue weighted by molar-refractivity contribution is 5.95. The van der Waals surface area contributed by atoms with Crippen LogP contribution in [0.5, 0.6) is 11.5 Å². The van der Waals surface area contributed by atoms with Gasteiger partial charge in [-0.3, -0.25) is 4.79 Å². The number of carbonyl (C=O) groups excluding carboxylic acids is 1. The van der Waals surface area contributed by atoms with Crippen molar-refractivity contribution in [3.8, 4) is 11.5 Å². The Kier molecular flexibility index (Phi) is 5.44. The van der Waals surface area contributed by atoms with Gasteiger partial charge in [0.2, 0.25) is 0 Å². The fourth-order valence-electron chi connectivity index (χ4n) is 3.09. The second-order valence-corrected chi connectivity index (χ2v) is 6.03. The number of piperazine rings is 1. The summed E-state index contributed by atoms with van der Waals surface area (Å²) in [5, 5.41) is 9.32. The number of methoxy groups -OCH3 is 2. The molecule has 1 aromatic heterocycles. The van der Waals surface area contributed by atoms with Crippen LogP contribution in [0.1, 0.15) is 20.7 Å². The van der Waals surface area contributed by atoms with Crippen molar-refractivity contribution in [2.45, 2.75) is 0 Å². The Balaban J connectivity index is 1.71. The van der Waals surface area contributed by atoms with Crippen molar-refractivity contribution in [2.24, 2.45) is 0 Å². The number of carbonyl (C=O) groups is 2. The summed E-state index contributed by atoms with van der Waals surface area (Å²) in [5.74, 6) is 0.386. The van der Waals surface area contributed by atoms with Crippen LogP contribution in [0.25, 0.3) is 0 Å². The highest BCUT2D eigenvalue weighted by Crippen LogP contribution is 2.28. The average Bonchev–Trinajstić information content (AvgIpc) is 2.72. The number of amides is 1. The molecule has 0 radical (unpaired) electrons. The van der Waals surface area contributed by atoms with E-state index in [4.69, 9.17) is 9.47 Å². The highest BCUT2D eigenvalue weighted by Gasteiger charge is 2.26. The van der Waals surface area contributed by atoms with Gasteiger partial charge >= 0.3 is 5.97 Å². The zero-order valence-corrected chi connectivity index (χ0v) is 15.2. The molecule has 0 atom stereocenters. The molecule has 1 aromatic carbocycles. The van der Waals surface area contributed by atoms with E-state index < -0.39 is 5.97 Å². The van der Waals surface area contributed by atoms with E-state index in [0.29, 0.717) is 49.1 Å². The van der Waals surface area contributed by atoms with Crippen molar-refractivity contribution in [3.05, 3.63) is 47.7 Å². The molecule has 1 aliphatic heterocycles. The first-order chi connectivity index (χ1) is 13.0. The van der Waals surface area contributed by atoms with Crippen LogP contribution in [0.15, 0.2) is 36.5 Å². The first kappa shape index (κ1) is 18.5. The molecule has 1 N–H and O–H groups in total. The van der Waals surface area contributed by atoms with E-state index in [2.05, 4.69) is 4.98 Å². The minimum absolute atomic E-state index is 0.102. The Hall–Kier alpha value is -3.29. The van der Waals surface area contributed by atoms with Crippen molar-refractivity contribution in [1.29, 1.82) is 0 Å². The maximum atomic E-state index is 12.8. The number of pyridine rings is 1. The number of aromatic nitrogens is 1. The molecule has 3 rings (SSSR count). The second kappa shape index (κ2) is 7.94. The van der Waals surface area contributed by atoms with Crippen molar-refractivity contribution in [1.82, 2.24) is 9.88 Å². The lowest BCUT2D eigenvalue weighted by Crippen LogP contribution is -2.49. The lowest BCUT2D eigenvalue weighted by Gasteiger charge is -2.36. The number of anilines is 1. The van der Waals surface area contributed by atoms with Gasteiger partial charge in [-0.25, -0.2) is 9.78 Å². The molecular weight excluding hydrogens is 350 g/mol. The Morgan fingerprint density at radius 3 is 2.37 bits per heavy atom. The number of carboxylic acid groups (broad SMARTS) is 1. The van der Waals surface area contributed by atoms with Gasteiger partial charge in [0.05, 0.1) is 14.2 Å². The SMILES string of the molecule is COc1ccc(C(=O)N2CCN(c3ncccc3C(=O)O)CC2)cc1OC. The van der Waals surface area contributed by atoms with Gasteiger partial charge in [0.1, 0.15) is 11.4 Å². The standard InChI is InChI=1S/C19H21N3O5/c1-26-15-6-5-13(12-16(15)27-2)18(23)22-10-8-21(9-11-22)17-14(19(24)25)4-3-7-20-17/h3-7,12H,8-11H2,1-2H3,(H,24,25). The van der Waals surface area contributed by atoms with Gasteiger partial charge in [0.15, 0.2) is 11.5 Å². The van der Waals surface area contributed by atoms with Crippen LogP contribution in [0, 0.1) is 0 Å². The smallest absolute Gasteiger partial charge is 0.339 e. The number of ether oxygens (including phenoxy) is 2. The molecular formula is C19H21N3O5. The largest absolute Gasteiger partial charge is 0.493 e. The fraction of sp³-hybridized carbons (Fsp3) is 0.316. The highest BCUT2D eigenvalue weighted by atomic mass is 16.5. The van der Waals surface area contributed by atoms with Gasteiger partial charge < -0.3 is 24.4 Å². The van der Waals surface area contributed by atoms with E-state index in [1.54, 1.807) is 42.5 Å². The molecule has 0 saturated carbocycles. The minimum Gasteiger partial charge on any atom is -0.493 e. The quantitative estimate of drug-likeness (QED) is 0.856. The molecule has 142 valence electrons. The summed E-state index contributed by atoms with van der Waals surface area (Å²) >= 11 is 0. The van der Waals surface area contributed by atoms with Crippen LogP contribution >= 0.6 is 0 Å². The third-order valence-corrected chi connectivity index (χ3v) is 4.51. The summed E-state index contributed by atoms with van der Waals surface area (Å²) in [6, 6.07) is 8.21. The Bertz CT molecular complexity index is 847. The predicted molar refractivity (Wildman–Crippen MR) is 98.9 cm³/mol.